The molecule has 4 nitrogen and oxygen atoms in total. The zero-order valence-corrected chi connectivity index (χ0v) is 11.6. The number of fused-ring (bicyclic) bond motifs is 5. The van der Waals surface area contributed by atoms with Crippen molar-refractivity contribution in [3.63, 3.8) is 0 Å². The second-order valence-corrected chi connectivity index (χ2v) is 6.50. The van der Waals surface area contributed by atoms with Crippen molar-refractivity contribution in [3.05, 3.63) is 11.8 Å². The fourth-order valence-corrected chi connectivity index (χ4v) is 4.70. The van der Waals surface area contributed by atoms with Crippen LogP contribution in [-0.2, 0) is 6.42 Å². The van der Waals surface area contributed by atoms with Crippen LogP contribution in [0.5, 0.6) is 0 Å². The third kappa shape index (κ3) is 1.92. The summed E-state index contributed by atoms with van der Waals surface area (Å²) in [5.74, 6) is 6.16. The Balaban J connectivity index is 1.35. The summed E-state index contributed by atoms with van der Waals surface area (Å²) >= 11 is 0. The molecule has 19 heavy (non-hydrogen) atoms. The van der Waals surface area contributed by atoms with Gasteiger partial charge in [0.15, 0.2) is 0 Å². The van der Waals surface area contributed by atoms with E-state index in [0.29, 0.717) is 5.92 Å². The van der Waals surface area contributed by atoms with Gasteiger partial charge in [-0.3, -0.25) is 0 Å². The minimum absolute atomic E-state index is 0.626. The Bertz CT molecular complexity index is 442. The van der Waals surface area contributed by atoms with Crippen molar-refractivity contribution in [1.29, 1.82) is 0 Å². The summed E-state index contributed by atoms with van der Waals surface area (Å²) in [6.45, 7) is 4.20. The maximum absolute atomic E-state index is 5.90. The smallest absolute Gasteiger partial charge is 0.220 e. The first-order chi connectivity index (χ1) is 9.38. The second-order valence-electron chi connectivity index (χ2n) is 6.50. The van der Waals surface area contributed by atoms with E-state index in [2.05, 4.69) is 22.4 Å². The molecule has 4 unspecified atom stereocenters. The predicted octanol–water partition coefficient (Wildman–Crippen LogP) is 2.37. The third-order valence-corrected chi connectivity index (χ3v) is 5.50. The molecule has 104 valence electrons. The van der Waals surface area contributed by atoms with Crippen LogP contribution in [0.1, 0.15) is 50.3 Å². The fraction of sp³-hybridized carbons (Fsp3) is 0.867. The molecule has 0 radical (unpaired) electrons. The first-order valence-electron chi connectivity index (χ1n) is 7.91. The molecule has 1 aromatic rings. The van der Waals surface area contributed by atoms with Gasteiger partial charge in [0.2, 0.25) is 11.8 Å². The van der Waals surface area contributed by atoms with Gasteiger partial charge in [0.05, 0.1) is 0 Å². The van der Waals surface area contributed by atoms with E-state index >= 15 is 0 Å². The molecular weight excluding hydrogens is 238 g/mol. The summed E-state index contributed by atoms with van der Waals surface area (Å²) in [4.78, 5) is 0. The van der Waals surface area contributed by atoms with Crippen LogP contribution in [0.2, 0.25) is 0 Å². The highest BCUT2D eigenvalue weighted by Gasteiger charge is 2.67. The molecule has 1 heterocycles. The average molecular weight is 261 g/mol. The Hall–Kier alpha value is -0.900. The summed E-state index contributed by atoms with van der Waals surface area (Å²) in [6.07, 6.45) is 6.38. The van der Waals surface area contributed by atoms with Crippen molar-refractivity contribution < 1.29 is 4.42 Å². The summed E-state index contributed by atoms with van der Waals surface area (Å²) < 4.78 is 5.90. The lowest BCUT2D eigenvalue weighted by molar-refractivity contribution is 0.406. The Morgan fingerprint density at radius 1 is 1.21 bits per heavy atom. The molecule has 3 aliphatic rings. The summed E-state index contributed by atoms with van der Waals surface area (Å²) in [5, 5.41) is 11.9. The predicted molar refractivity (Wildman–Crippen MR) is 71.7 cm³/mol. The number of rotatable bonds is 6. The van der Waals surface area contributed by atoms with Gasteiger partial charge in [0.1, 0.15) is 0 Å². The van der Waals surface area contributed by atoms with E-state index in [4.69, 9.17) is 4.42 Å². The molecule has 4 atom stereocenters. The van der Waals surface area contributed by atoms with Gasteiger partial charge in [-0.25, -0.2) is 0 Å². The summed E-state index contributed by atoms with van der Waals surface area (Å²) in [7, 11) is 0. The van der Waals surface area contributed by atoms with Gasteiger partial charge in [-0.05, 0) is 62.4 Å². The number of nitrogens with one attached hydrogen (secondary N) is 1. The van der Waals surface area contributed by atoms with Crippen LogP contribution in [0.15, 0.2) is 4.42 Å². The number of aromatic nitrogens is 2. The molecule has 0 spiro atoms. The number of hydrogen-bond acceptors (Lipinski definition) is 4. The molecule has 0 saturated heterocycles. The van der Waals surface area contributed by atoms with Crippen molar-refractivity contribution in [3.8, 4) is 0 Å². The van der Waals surface area contributed by atoms with Crippen molar-refractivity contribution in [2.75, 3.05) is 13.1 Å². The van der Waals surface area contributed by atoms with E-state index in [1.807, 2.05) is 0 Å². The maximum Gasteiger partial charge on any atom is 0.220 e. The molecule has 4 rings (SSSR count). The Morgan fingerprint density at radius 2 is 2.00 bits per heavy atom. The largest absolute Gasteiger partial charge is 0.425 e. The van der Waals surface area contributed by atoms with Gasteiger partial charge >= 0.3 is 0 Å². The Morgan fingerprint density at radius 3 is 2.74 bits per heavy atom. The van der Waals surface area contributed by atoms with Crippen molar-refractivity contribution in [2.24, 2.45) is 23.7 Å². The lowest BCUT2D eigenvalue weighted by Gasteiger charge is -2.04. The summed E-state index contributed by atoms with van der Waals surface area (Å²) in [6, 6.07) is 0. The molecule has 0 amide bonds. The van der Waals surface area contributed by atoms with Crippen LogP contribution in [-0.4, -0.2) is 23.3 Å². The number of hydrogen-bond donors (Lipinski definition) is 1. The van der Waals surface area contributed by atoms with Gasteiger partial charge in [0.25, 0.3) is 0 Å². The van der Waals surface area contributed by atoms with Crippen LogP contribution in [0.25, 0.3) is 0 Å². The normalized spacial score (nSPS) is 38.7. The highest BCUT2D eigenvalue weighted by molar-refractivity contribution is 5.22. The topological polar surface area (TPSA) is 51.0 Å². The molecule has 2 bridgehead atoms. The lowest BCUT2D eigenvalue weighted by atomic mass is 10.0. The van der Waals surface area contributed by atoms with E-state index < -0.39 is 0 Å². The standard InChI is InChI=1S/C15H23N3O/c1-2-16-7-3-4-11-17-18-15(19-11)14-12-9-5-6-10(8-9)13(12)14/h9-10,12-14,16H,2-8H2,1H3. The number of nitrogens with zero attached hydrogens (tertiary/aromatic N) is 2. The highest BCUT2D eigenvalue weighted by Crippen LogP contribution is 2.72. The Kier molecular flexibility index (Phi) is 2.87. The molecule has 3 saturated carbocycles. The van der Waals surface area contributed by atoms with Gasteiger partial charge in [0, 0.05) is 12.3 Å². The second kappa shape index (κ2) is 4.58. The molecule has 1 N–H and O–H groups in total. The zero-order chi connectivity index (χ0) is 12.8. The molecule has 0 aliphatic heterocycles. The van der Waals surface area contributed by atoms with Crippen LogP contribution in [0, 0.1) is 23.7 Å². The zero-order valence-electron chi connectivity index (χ0n) is 11.6. The third-order valence-electron chi connectivity index (χ3n) is 5.50. The molecule has 3 fully saturated rings. The van der Waals surface area contributed by atoms with E-state index in [-0.39, 0.29) is 0 Å². The van der Waals surface area contributed by atoms with E-state index in [1.54, 1.807) is 0 Å². The minimum Gasteiger partial charge on any atom is -0.425 e. The number of aryl methyl sites for hydroxylation is 1. The van der Waals surface area contributed by atoms with Crippen molar-refractivity contribution >= 4 is 0 Å². The van der Waals surface area contributed by atoms with Gasteiger partial charge in [-0.15, -0.1) is 10.2 Å². The lowest BCUT2D eigenvalue weighted by Crippen LogP contribution is -2.14. The first kappa shape index (κ1) is 11.9. The van der Waals surface area contributed by atoms with Gasteiger partial charge in [-0.2, -0.15) is 0 Å². The van der Waals surface area contributed by atoms with Crippen LogP contribution >= 0.6 is 0 Å². The quantitative estimate of drug-likeness (QED) is 0.799. The molecule has 4 heteroatoms. The molecule has 0 aromatic carbocycles. The summed E-state index contributed by atoms with van der Waals surface area (Å²) in [5.41, 5.74) is 0. The van der Waals surface area contributed by atoms with E-state index in [9.17, 15) is 0 Å². The monoisotopic (exact) mass is 261 g/mol. The molecule has 3 aliphatic carbocycles. The van der Waals surface area contributed by atoms with Gasteiger partial charge < -0.3 is 9.73 Å². The maximum atomic E-state index is 5.90. The van der Waals surface area contributed by atoms with Crippen molar-refractivity contribution in [1.82, 2.24) is 15.5 Å². The Labute approximate surface area is 114 Å². The minimum atomic E-state index is 0.626. The van der Waals surface area contributed by atoms with Crippen LogP contribution in [0.3, 0.4) is 0 Å². The average Bonchev–Trinajstić information content (AvgIpc) is 2.83. The molecule has 1 aromatic heterocycles. The molecular formula is C15H23N3O. The fourth-order valence-electron chi connectivity index (χ4n) is 4.70. The van der Waals surface area contributed by atoms with Gasteiger partial charge in [-0.1, -0.05) is 6.92 Å². The van der Waals surface area contributed by atoms with Crippen LogP contribution in [0.4, 0.5) is 0 Å². The van der Waals surface area contributed by atoms with Crippen LogP contribution < -0.4 is 5.32 Å². The highest BCUT2D eigenvalue weighted by atomic mass is 16.4. The van der Waals surface area contributed by atoms with E-state index in [0.717, 1.165) is 61.4 Å². The van der Waals surface area contributed by atoms with Crippen molar-refractivity contribution in [2.45, 2.75) is 44.9 Å². The first-order valence-corrected chi connectivity index (χ1v) is 7.91. The van der Waals surface area contributed by atoms with E-state index in [1.165, 1.54) is 19.3 Å². The SMILES string of the molecule is CCNCCCc1nnc(C2C3C4CCC(C4)C23)o1.